The maximum atomic E-state index is 5.91. The van der Waals surface area contributed by atoms with Crippen LogP contribution in [0.3, 0.4) is 0 Å². The molecule has 0 N–H and O–H groups in total. The van der Waals surface area contributed by atoms with E-state index in [9.17, 15) is 0 Å². The summed E-state index contributed by atoms with van der Waals surface area (Å²) in [4.78, 5) is 0.677. The number of hydrogen-bond acceptors (Lipinski definition) is 1. The van der Waals surface area contributed by atoms with Crippen molar-refractivity contribution in [3.8, 4) is 5.75 Å². The lowest BCUT2D eigenvalue weighted by Gasteiger charge is -2.11. The Bertz CT molecular complexity index is 312. The average Bonchev–Trinajstić information content (AvgIpc) is 2.71. The van der Waals surface area contributed by atoms with Gasteiger partial charge in [-0.15, -0.1) is 0 Å². The molecule has 0 aromatic heterocycles. The van der Waals surface area contributed by atoms with Gasteiger partial charge in [-0.1, -0.05) is 41.1 Å². The first kappa shape index (κ1) is 12.0. The molecule has 2 atom stereocenters. The van der Waals surface area contributed by atoms with Crippen molar-refractivity contribution in [1.82, 2.24) is 0 Å². The Morgan fingerprint density at radius 2 is 2.25 bits per heavy atom. The zero-order chi connectivity index (χ0) is 11.4. The molecule has 0 saturated heterocycles. The standard InChI is InChI=1S/C14H19BrO/c1-2-12(15)7-5-8-13-10-11-6-3-4-9-14(11)16-13/h3-4,6,9,12-13H,2,5,7-8,10H2,1H3. The summed E-state index contributed by atoms with van der Waals surface area (Å²) >= 11 is 3.67. The maximum Gasteiger partial charge on any atom is 0.123 e. The quantitative estimate of drug-likeness (QED) is 0.731. The molecule has 2 rings (SSSR count). The first-order valence-electron chi connectivity index (χ1n) is 6.18. The minimum atomic E-state index is 0.411. The first-order chi connectivity index (χ1) is 7.79. The predicted molar refractivity (Wildman–Crippen MR) is 71.4 cm³/mol. The molecule has 0 radical (unpaired) electrons. The number of rotatable bonds is 5. The number of alkyl halides is 1. The highest BCUT2D eigenvalue weighted by molar-refractivity contribution is 9.09. The third kappa shape index (κ3) is 3.00. The summed E-state index contributed by atoms with van der Waals surface area (Å²) in [5.41, 5.74) is 1.37. The number of fused-ring (bicyclic) bond motifs is 1. The fourth-order valence-corrected chi connectivity index (χ4v) is 2.51. The van der Waals surface area contributed by atoms with Crippen LogP contribution in [0.4, 0.5) is 0 Å². The van der Waals surface area contributed by atoms with Gasteiger partial charge in [0.15, 0.2) is 0 Å². The molecule has 1 aromatic carbocycles. The van der Waals surface area contributed by atoms with Crippen LogP contribution in [0.2, 0.25) is 0 Å². The molecule has 0 aliphatic carbocycles. The van der Waals surface area contributed by atoms with Crippen molar-refractivity contribution in [2.24, 2.45) is 0 Å². The van der Waals surface area contributed by atoms with E-state index in [1.165, 1.54) is 31.2 Å². The van der Waals surface area contributed by atoms with E-state index in [-0.39, 0.29) is 0 Å². The van der Waals surface area contributed by atoms with Crippen LogP contribution in [0.25, 0.3) is 0 Å². The van der Waals surface area contributed by atoms with Crippen molar-refractivity contribution in [3.63, 3.8) is 0 Å². The molecule has 0 spiro atoms. The van der Waals surface area contributed by atoms with Gasteiger partial charge in [0.1, 0.15) is 11.9 Å². The summed E-state index contributed by atoms with van der Waals surface area (Å²) < 4.78 is 5.91. The van der Waals surface area contributed by atoms with E-state index in [1.54, 1.807) is 0 Å². The summed E-state index contributed by atoms with van der Waals surface area (Å²) in [5, 5.41) is 0. The molecule has 1 aromatic rings. The zero-order valence-corrected chi connectivity index (χ0v) is 11.4. The van der Waals surface area contributed by atoms with Crippen LogP contribution in [0.1, 0.15) is 38.2 Å². The predicted octanol–water partition coefficient (Wildman–Crippen LogP) is 4.33. The first-order valence-corrected chi connectivity index (χ1v) is 7.09. The van der Waals surface area contributed by atoms with E-state index < -0.39 is 0 Å². The molecule has 16 heavy (non-hydrogen) atoms. The van der Waals surface area contributed by atoms with Gasteiger partial charge in [0.25, 0.3) is 0 Å². The molecule has 2 heteroatoms. The zero-order valence-electron chi connectivity index (χ0n) is 9.79. The molecule has 1 heterocycles. The summed E-state index contributed by atoms with van der Waals surface area (Å²) in [6, 6.07) is 8.40. The fourth-order valence-electron chi connectivity index (χ4n) is 2.19. The van der Waals surface area contributed by atoms with Crippen molar-refractivity contribution in [2.45, 2.75) is 50.0 Å². The van der Waals surface area contributed by atoms with Gasteiger partial charge < -0.3 is 4.74 Å². The third-order valence-corrected chi connectivity index (χ3v) is 4.31. The van der Waals surface area contributed by atoms with Gasteiger partial charge >= 0.3 is 0 Å². The molecular weight excluding hydrogens is 264 g/mol. The van der Waals surface area contributed by atoms with Crippen LogP contribution in [0.5, 0.6) is 5.75 Å². The van der Waals surface area contributed by atoms with Crippen molar-refractivity contribution in [3.05, 3.63) is 29.8 Å². The van der Waals surface area contributed by atoms with Gasteiger partial charge in [0.2, 0.25) is 0 Å². The molecule has 0 bridgehead atoms. The Balaban J connectivity index is 1.75. The summed E-state index contributed by atoms with van der Waals surface area (Å²) in [6.45, 7) is 2.22. The Morgan fingerprint density at radius 1 is 1.44 bits per heavy atom. The van der Waals surface area contributed by atoms with Crippen molar-refractivity contribution in [1.29, 1.82) is 0 Å². The molecule has 0 saturated carbocycles. The second kappa shape index (κ2) is 5.72. The van der Waals surface area contributed by atoms with Crippen molar-refractivity contribution < 1.29 is 4.74 Å². The highest BCUT2D eigenvalue weighted by atomic mass is 79.9. The topological polar surface area (TPSA) is 9.23 Å². The van der Waals surface area contributed by atoms with Gasteiger partial charge in [-0.2, -0.15) is 0 Å². The number of hydrogen-bond donors (Lipinski definition) is 0. The third-order valence-electron chi connectivity index (χ3n) is 3.20. The molecular formula is C14H19BrO. The van der Waals surface area contributed by atoms with E-state index >= 15 is 0 Å². The van der Waals surface area contributed by atoms with Crippen LogP contribution in [-0.4, -0.2) is 10.9 Å². The van der Waals surface area contributed by atoms with Crippen molar-refractivity contribution >= 4 is 15.9 Å². The Morgan fingerprint density at radius 3 is 3.00 bits per heavy atom. The Hall–Kier alpha value is -0.500. The molecule has 1 aliphatic heterocycles. The lowest BCUT2D eigenvalue weighted by atomic mass is 10.0. The smallest absolute Gasteiger partial charge is 0.123 e. The average molecular weight is 283 g/mol. The normalized spacial score (nSPS) is 20.2. The lowest BCUT2D eigenvalue weighted by molar-refractivity contribution is 0.216. The van der Waals surface area contributed by atoms with Crippen LogP contribution in [0, 0.1) is 0 Å². The minimum absolute atomic E-state index is 0.411. The Kier molecular flexibility index (Phi) is 4.28. The number of ether oxygens (including phenoxy) is 1. The van der Waals surface area contributed by atoms with Gasteiger partial charge in [-0.3, -0.25) is 0 Å². The largest absolute Gasteiger partial charge is 0.490 e. The summed E-state index contributed by atoms with van der Waals surface area (Å²) in [7, 11) is 0. The highest BCUT2D eigenvalue weighted by Gasteiger charge is 2.21. The molecule has 88 valence electrons. The van der Waals surface area contributed by atoms with Gasteiger partial charge in [-0.05, 0) is 37.3 Å². The van der Waals surface area contributed by atoms with E-state index in [0.717, 1.165) is 12.2 Å². The second-order valence-electron chi connectivity index (χ2n) is 4.49. The van der Waals surface area contributed by atoms with Crippen LogP contribution in [-0.2, 0) is 6.42 Å². The van der Waals surface area contributed by atoms with Gasteiger partial charge in [0, 0.05) is 11.2 Å². The Labute approximate surface area is 106 Å². The van der Waals surface area contributed by atoms with E-state index in [0.29, 0.717) is 10.9 Å². The van der Waals surface area contributed by atoms with Crippen LogP contribution < -0.4 is 4.74 Å². The fraction of sp³-hybridized carbons (Fsp3) is 0.571. The number of para-hydroxylation sites is 1. The number of halogens is 1. The maximum absolute atomic E-state index is 5.91. The van der Waals surface area contributed by atoms with Crippen LogP contribution >= 0.6 is 15.9 Å². The van der Waals surface area contributed by atoms with E-state index in [1.807, 2.05) is 6.07 Å². The van der Waals surface area contributed by atoms with Crippen molar-refractivity contribution in [2.75, 3.05) is 0 Å². The van der Waals surface area contributed by atoms with Gasteiger partial charge in [-0.25, -0.2) is 0 Å². The lowest BCUT2D eigenvalue weighted by Crippen LogP contribution is -2.13. The molecule has 0 amide bonds. The molecule has 0 fully saturated rings. The van der Waals surface area contributed by atoms with E-state index in [4.69, 9.17) is 4.74 Å². The summed E-state index contributed by atoms with van der Waals surface area (Å²) in [6.07, 6.45) is 6.40. The van der Waals surface area contributed by atoms with Gasteiger partial charge in [0.05, 0.1) is 0 Å². The monoisotopic (exact) mass is 282 g/mol. The molecule has 1 aliphatic rings. The molecule has 2 unspecified atom stereocenters. The second-order valence-corrected chi connectivity index (χ2v) is 5.78. The highest BCUT2D eigenvalue weighted by Crippen LogP contribution is 2.30. The molecule has 1 nitrogen and oxygen atoms in total. The summed E-state index contributed by atoms with van der Waals surface area (Å²) in [5.74, 6) is 1.10. The number of benzene rings is 1. The van der Waals surface area contributed by atoms with Crippen LogP contribution in [0.15, 0.2) is 24.3 Å². The van der Waals surface area contributed by atoms with E-state index in [2.05, 4.69) is 41.1 Å². The minimum Gasteiger partial charge on any atom is -0.490 e. The SMILES string of the molecule is CCC(Br)CCCC1Cc2ccccc2O1.